The minimum Gasteiger partial charge on any atom is -0.465 e. The minimum absolute atomic E-state index is 0.267. The van der Waals surface area contributed by atoms with Crippen LogP contribution in [-0.4, -0.2) is 29.6 Å². The summed E-state index contributed by atoms with van der Waals surface area (Å²) >= 11 is 7.36. The van der Waals surface area contributed by atoms with Crippen molar-refractivity contribution < 1.29 is 9.53 Å². The summed E-state index contributed by atoms with van der Waals surface area (Å²) in [6.07, 6.45) is 4.05. The number of thiocarbonyl (C=S) groups is 1. The molecule has 27 heavy (non-hydrogen) atoms. The number of carbonyl (C=O) groups excluding carboxylic acids is 1. The molecule has 0 unspecified atom stereocenters. The van der Waals surface area contributed by atoms with Crippen LogP contribution in [0.1, 0.15) is 45.3 Å². The number of anilines is 1. The number of benzene rings is 1. The van der Waals surface area contributed by atoms with E-state index in [1.165, 1.54) is 23.1 Å². The van der Waals surface area contributed by atoms with Gasteiger partial charge in [-0.2, -0.15) is 0 Å². The second kappa shape index (κ2) is 7.60. The molecule has 1 N–H and O–H groups in total. The lowest BCUT2D eigenvalue weighted by Gasteiger charge is -2.31. The molecule has 1 atom stereocenters. The van der Waals surface area contributed by atoms with Gasteiger partial charge in [-0.05, 0) is 60.5 Å². The van der Waals surface area contributed by atoms with Crippen molar-refractivity contribution in [3.8, 4) is 0 Å². The first kappa shape index (κ1) is 18.4. The van der Waals surface area contributed by atoms with Crippen LogP contribution in [0.5, 0.6) is 0 Å². The number of esters is 1. The Balaban J connectivity index is 1.57. The molecule has 0 saturated heterocycles. The number of carbonyl (C=O) groups is 1. The first-order chi connectivity index (χ1) is 13.1. The summed E-state index contributed by atoms with van der Waals surface area (Å²) in [7, 11) is 1.45. The Morgan fingerprint density at radius 2 is 2.07 bits per heavy atom. The van der Waals surface area contributed by atoms with Crippen LogP contribution < -0.4 is 5.32 Å². The van der Waals surface area contributed by atoms with Crippen molar-refractivity contribution in [3.63, 3.8) is 0 Å². The third-order valence-corrected chi connectivity index (χ3v) is 7.07. The van der Waals surface area contributed by atoms with E-state index in [0.717, 1.165) is 49.3 Å². The van der Waals surface area contributed by atoms with Crippen molar-refractivity contribution >= 4 is 39.6 Å². The van der Waals surface area contributed by atoms with E-state index in [1.54, 1.807) is 11.3 Å². The fraction of sp³-hybridized carbons (Fsp3) is 0.429. The predicted octanol–water partition coefficient (Wildman–Crippen LogP) is 4.41. The Kier molecular flexibility index (Phi) is 5.19. The zero-order valence-corrected chi connectivity index (χ0v) is 17.3. The van der Waals surface area contributed by atoms with E-state index in [2.05, 4.69) is 41.4 Å². The Morgan fingerprint density at radius 3 is 2.85 bits per heavy atom. The van der Waals surface area contributed by atoms with Gasteiger partial charge in [0.25, 0.3) is 0 Å². The molecule has 142 valence electrons. The van der Waals surface area contributed by atoms with Gasteiger partial charge < -0.3 is 15.0 Å². The number of rotatable bonds is 2. The molecule has 1 aromatic heterocycles. The van der Waals surface area contributed by atoms with Gasteiger partial charge in [-0.15, -0.1) is 11.3 Å². The van der Waals surface area contributed by atoms with Crippen LogP contribution in [0.25, 0.3) is 0 Å². The van der Waals surface area contributed by atoms with E-state index in [4.69, 9.17) is 17.0 Å². The number of methoxy groups -OCH3 is 1. The molecule has 0 radical (unpaired) electrons. The summed E-state index contributed by atoms with van der Waals surface area (Å²) in [6.45, 7) is 3.96. The van der Waals surface area contributed by atoms with E-state index in [0.29, 0.717) is 16.6 Å². The SMILES string of the molecule is COC(=O)c1c(NC(=S)N2CCc3ccccc3C2)sc2c1CC[C@H](C)C2. The number of hydrogen-bond donors (Lipinski definition) is 1. The van der Waals surface area contributed by atoms with Crippen molar-refractivity contribution in [2.45, 2.75) is 39.2 Å². The zero-order valence-electron chi connectivity index (χ0n) is 15.7. The maximum Gasteiger partial charge on any atom is 0.341 e. The number of nitrogens with zero attached hydrogens (tertiary/aromatic N) is 1. The minimum atomic E-state index is -0.267. The van der Waals surface area contributed by atoms with Gasteiger partial charge in [0.1, 0.15) is 5.00 Å². The first-order valence-corrected chi connectivity index (χ1v) is 10.6. The van der Waals surface area contributed by atoms with E-state index in [1.807, 2.05) is 0 Å². The lowest BCUT2D eigenvalue weighted by atomic mass is 9.88. The van der Waals surface area contributed by atoms with Crippen molar-refractivity contribution in [1.29, 1.82) is 0 Å². The molecular formula is C21H24N2O2S2. The standard InChI is InChI=1S/C21H24N2O2S2/c1-13-7-8-16-17(11-13)27-19(18(16)20(24)25-2)22-21(26)23-10-9-14-5-3-4-6-15(14)12-23/h3-6,13H,7-12H2,1-2H3,(H,22,26)/t13-/m0/s1. The van der Waals surface area contributed by atoms with Gasteiger partial charge in [0, 0.05) is 18.0 Å². The number of nitrogens with one attached hydrogen (secondary N) is 1. The number of hydrogen-bond acceptors (Lipinski definition) is 4. The maximum atomic E-state index is 12.5. The molecule has 2 aromatic rings. The van der Waals surface area contributed by atoms with Gasteiger partial charge in [-0.3, -0.25) is 0 Å². The van der Waals surface area contributed by atoms with Gasteiger partial charge in [0.2, 0.25) is 0 Å². The number of ether oxygens (including phenoxy) is 1. The largest absolute Gasteiger partial charge is 0.465 e. The van der Waals surface area contributed by atoms with Crippen molar-refractivity contribution in [2.24, 2.45) is 5.92 Å². The van der Waals surface area contributed by atoms with E-state index >= 15 is 0 Å². The highest BCUT2D eigenvalue weighted by Gasteiger charge is 2.29. The van der Waals surface area contributed by atoms with Crippen LogP contribution in [0.15, 0.2) is 24.3 Å². The molecule has 0 spiro atoms. The van der Waals surface area contributed by atoms with Gasteiger partial charge in [-0.1, -0.05) is 31.2 Å². The van der Waals surface area contributed by atoms with Crippen molar-refractivity contribution in [1.82, 2.24) is 4.90 Å². The summed E-state index contributed by atoms with van der Waals surface area (Å²) in [6, 6.07) is 8.51. The van der Waals surface area contributed by atoms with Crippen LogP contribution in [0.3, 0.4) is 0 Å². The van der Waals surface area contributed by atoms with Gasteiger partial charge in [0.15, 0.2) is 5.11 Å². The second-order valence-corrected chi connectivity index (χ2v) is 8.91. The van der Waals surface area contributed by atoms with E-state index in [9.17, 15) is 4.79 Å². The molecule has 2 aliphatic rings. The average Bonchev–Trinajstić information content (AvgIpc) is 3.03. The molecule has 6 heteroatoms. The van der Waals surface area contributed by atoms with Crippen LogP contribution in [0.4, 0.5) is 5.00 Å². The molecular weight excluding hydrogens is 376 g/mol. The summed E-state index contributed by atoms with van der Waals surface area (Å²) in [5.41, 5.74) is 4.55. The molecule has 0 fully saturated rings. The molecule has 0 amide bonds. The second-order valence-electron chi connectivity index (χ2n) is 7.42. The average molecular weight is 401 g/mol. The van der Waals surface area contributed by atoms with Crippen LogP contribution in [-0.2, 0) is 30.5 Å². The molecule has 1 aliphatic heterocycles. The lowest BCUT2D eigenvalue weighted by Crippen LogP contribution is -2.38. The quantitative estimate of drug-likeness (QED) is 0.597. The number of fused-ring (bicyclic) bond motifs is 2. The van der Waals surface area contributed by atoms with Gasteiger partial charge in [-0.25, -0.2) is 4.79 Å². The third kappa shape index (κ3) is 3.60. The summed E-state index contributed by atoms with van der Waals surface area (Å²) < 4.78 is 5.07. The Bertz CT molecular complexity index is 890. The van der Waals surface area contributed by atoms with Crippen LogP contribution in [0.2, 0.25) is 0 Å². The molecule has 0 saturated carbocycles. The normalized spacial score (nSPS) is 18.4. The number of thiophene rings is 1. The highest BCUT2D eigenvalue weighted by molar-refractivity contribution is 7.80. The summed E-state index contributed by atoms with van der Waals surface area (Å²) in [4.78, 5) is 15.9. The fourth-order valence-corrected chi connectivity index (χ4v) is 5.72. The predicted molar refractivity (Wildman–Crippen MR) is 114 cm³/mol. The Labute approximate surface area is 169 Å². The van der Waals surface area contributed by atoms with Crippen LogP contribution in [0, 0.1) is 5.92 Å². The van der Waals surface area contributed by atoms with E-state index in [-0.39, 0.29) is 5.97 Å². The smallest absolute Gasteiger partial charge is 0.341 e. The topological polar surface area (TPSA) is 41.6 Å². The van der Waals surface area contributed by atoms with Gasteiger partial charge in [0.05, 0.1) is 12.7 Å². The molecule has 1 aromatic carbocycles. The monoisotopic (exact) mass is 400 g/mol. The Morgan fingerprint density at radius 1 is 1.30 bits per heavy atom. The molecule has 4 rings (SSSR count). The molecule has 1 aliphatic carbocycles. The van der Waals surface area contributed by atoms with Gasteiger partial charge >= 0.3 is 5.97 Å². The van der Waals surface area contributed by atoms with Crippen molar-refractivity contribution in [2.75, 3.05) is 19.0 Å². The molecule has 0 bridgehead atoms. The maximum absolute atomic E-state index is 12.5. The summed E-state index contributed by atoms with van der Waals surface area (Å²) in [5.74, 6) is 0.386. The van der Waals surface area contributed by atoms with Crippen molar-refractivity contribution in [3.05, 3.63) is 51.4 Å². The lowest BCUT2D eigenvalue weighted by molar-refractivity contribution is 0.0601. The highest BCUT2D eigenvalue weighted by Crippen LogP contribution is 2.40. The van der Waals surface area contributed by atoms with E-state index < -0.39 is 0 Å². The molecule has 4 nitrogen and oxygen atoms in total. The molecule has 2 heterocycles. The third-order valence-electron chi connectivity index (χ3n) is 5.54. The highest BCUT2D eigenvalue weighted by atomic mass is 32.1. The fourth-order valence-electron chi connectivity index (χ4n) is 4.00. The summed E-state index contributed by atoms with van der Waals surface area (Å²) in [5, 5.41) is 4.89. The Hall–Kier alpha value is -1.92. The first-order valence-electron chi connectivity index (χ1n) is 9.42. The van der Waals surface area contributed by atoms with Crippen LogP contribution >= 0.6 is 23.6 Å². The zero-order chi connectivity index (χ0) is 19.0.